The molecule has 1 fully saturated rings. The van der Waals surface area contributed by atoms with E-state index in [1.807, 2.05) is 12.1 Å². The molecule has 1 aliphatic carbocycles. The van der Waals surface area contributed by atoms with Crippen molar-refractivity contribution in [2.24, 2.45) is 0 Å². The average molecular weight is 289 g/mol. The van der Waals surface area contributed by atoms with Gasteiger partial charge in [-0.3, -0.25) is 4.79 Å². The number of nitrogens with zero attached hydrogens (tertiary/aromatic N) is 1. The predicted molar refractivity (Wildman–Crippen MR) is 76.2 cm³/mol. The number of hydrogen-bond acceptors (Lipinski definition) is 3. The van der Waals surface area contributed by atoms with Crippen molar-refractivity contribution in [1.82, 2.24) is 4.90 Å². The third kappa shape index (κ3) is 2.65. The Morgan fingerprint density at radius 2 is 1.86 bits per heavy atom. The van der Waals surface area contributed by atoms with Crippen LogP contribution in [-0.2, 0) is 17.6 Å². The smallest absolute Gasteiger partial charge is 0.326 e. The van der Waals surface area contributed by atoms with Crippen LogP contribution >= 0.6 is 0 Å². The summed E-state index contributed by atoms with van der Waals surface area (Å²) in [6.45, 7) is 0.0902. The van der Waals surface area contributed by atoms with E-state index in [9.17, 15) is 19.8 Å². The summed E-state index contributed by atoms with van der Waals surface area (Å²) in [5.41, 5.74) is 3.00. The maximum absolute atomic E-state index is 12.5. The van der Waals surface area contributed by atoms with Gasteiger partial charge in [0, 0.05) is 18.5 Å². The van der Waals surface area contributed by atoms with E-state index in [0.29, 0.717) is 5.56 Å². The van der Waals surface area contributed by atoms with Gasteiger partial charge in [-0.15, -0.1) is 0 Å². The Morgan fingerprint density at radius 1 is 1.14 bits per heavy atom. The number of benzene rings is 1. The molecule has 0 spiro atoms. The zero-order valence-electron chi connectivity index (χ0n) is 11.8. The Morgan fingerprint density at radius 3 is 2.57 bits per heavy atom. The van der Waals surface area contributed by atoms with Gasteiger partial charge < -0.3 is 15.1 Å². The van der Waals surface area contributed by atoms with Crippen LogP contribution in [0.5, 0.6) is 0 Å². The van der Waals surface area contributed by atoms with E-state index in [2.05, 4.69) is 0 Å². The van der Waals surface area contributed by atoms with Crippen molar-refractivity contribution < 1.29 is 19.8 Å². The first kappa shape index (κ1) is 14.1. The zero-order valence-corrected chi connectivity index (χ0v) is 11.8. The molecule has 0 aromatic heterocycles. The van der Waals surface area contributed by atoms with Crippen LogP contribution in [0.4, 0.5) is 0 Å². The Bertz CT molecular complexity index is 584. The van der Waals surface area contributed by atoms with Gasteiger partial charge in [-0.25, -0.2) is 4.79 Å². The van der Waals surface area contributed by atoms with Gasteiger partial charge in [0.25, 0.3) is 5.91 Å². The lowest BCUT2D eigenvalue weighted by atomic mass is 9.90. The Kier molecular flexibility index (Phi) is 3.68. The molecule has 1 aromatic carbocycles. The van der Waals surface area contributed by atoms with Crippen LogP contribution in [-0.4, -0.2) is 45.7 Å². The SMILES string of the molecule is O=C(O)[C@@H]1C[C@@H](O)CN1C(=O)c1ccc2c(c1)CCCC2. The molecule has 21 heavy (non-hydrogen) atoms. The van der Waals surface area contributed by atoms with Crippen molar-refractivity contribution in [1.29, 1.82) is 0 Å². The molecular weight excluding hydrogens is 270 g/mol. The Labute approximate surface area is 123 Å². The molecule has 112 valence electrons. The highest BCUT2D eigenvalue weighted by Crippen LogP contribution is 2.25. The largest absolute Gasteiger partial charge is 0.480 e. The van der Waals surface area contributed by atoms with Crippen LogP contribution < -0.4 is 0 Å². The molecule has 5 nitrogen and oxygen atoms in total. The molecule has 3 rings (SSSR count). The summed E-state index contributed by atoms with van der Waals surface area (Å²) in [6, 6.07) is 4.71. The van der Waals surface area contributed by atoms with Crippen LogP contribution in [0.3, 0.4) is 0 Å². The lowest BCUT2D eigenvalue weighted by Crippen LogP contribution is -2.40. The lowest BCUT2D eigenvalue weighted by Gasteiger charge is -2.22. The van der Waals surface area contributed by atoms with E-state index >= 15 is 0 Å². The van der Waals surface area contributed by atoms with Crippen LogP contribution in [0.2, 0.25) is 0 Å². The van der Waals surface area contributed by atoms with E-state index in [1.54, 1.807) is 6.07 Å². The summed E-state index contributed by atoms with van der Waals surface area (Å²) in [5, 5.41) is 18.8. The van der Waals surface area contributed by atoms with Crippen molar-refractivity contribution in [2.45, 2.75) is 44.2 Å². The van der Waals surface area contributed by atoms with Crippen LogP contribution in [0, 0.1) is 0 Å². The summed E-state index contributed by atoms with van der Waals surface area (Å²) in [7, 11) is 0. The van der Waals surface area contributed by atoms with Crippen molar-refractivity contribution >= 4 is 11.9 Å². The molecule has 1 heterocycles. The minimum atomic E-state index is -1.06. The van der Waals surface area contributed by atoms with Crippen LogP contribution in [0.25, 0.3) is 0 Å². The number of β-amino-alcohol motifs (C(OH)–C–C–N with tert-alkyl or cyclic N) is 1. The van der Waals surface area contributed by atoms with E-state index in [0.717, 1.165) is 19.3 Å². The number of rotatable bonds is 2. The number of likely N-dealkylation sites (tertiary alicyclic amines) is 1. The van der Waals surface area contributed by atoms with Crippen molar-refractivity contribution in [2.75, 3.05) is 6.54 Å². The summed E-state index contributed by atoms with van der Waals surface area (Å²) in [6.07, 6.45) is 3.68. The normalized spacial score (nSPS) is 24.7. The third-order valence-electron chi connectivity index (χ3n) is 4.42. The lowest BCUT2D eigenvalue weighted by molar-refractivity contribution is -0.141. The van der Waals surface area contributed by atoms with Gasteiger partial charge in [-0.05, 0) is 48.9 Å². The van der Waals surface area contributed by atoms with E-state index in [-0.39, 0.29) is 18.9 Å². The Hall–Kier alpha value is -1.88. The fourth-order valence-electron chi connectivity index (χ4n) is 3.30. The number of aliphatic hydroxyl groups is 1. The second-order valence-corrected chi connectivity index (χ2v) is 5.89. The number of hydrogen-bond donors (Lipinski definition) is 2. The highest BCUT2D eigenvalue weighted by Gasteiger charge is 2.39. The molecule has 2 N–H and O–H groups in total. The maximum atomic E-state index is 12.5. The summed E-state index contributed by atoms with van der Waals surface area (Å²) >= 11 is 0. The molecule has 1 amide bonds. The van der Waals surface area contributed by atoms with Crippen molar-refractivity contribution in [3.05, 3.63) is 34.9 Å². The predicted octanol–water partition coefficient (Wildman–Crippen LogP) is 1.23. The van der Waals surface area contributed by atoms with Gasteiger partial charge >= 0.3 is 5.97 Å². The van der Waals surface area contributed by atoms with Gasteiger partial charge in [0.15, 0.2) is 0 Å². The number of aliphatic hydroxyl groups excluding tert-OH is 1. The van der Waals surface area contributed by atoms with Crippen LogP contribution in [0.15, 0.2) is 18.2 Å². The quantitative estimate of drug-likeness (QED) is 0.858. The summed E-state index contributed by atoms with van der Waals surface area (Å²) in [4.78, 5) is 25.0. The number of carbonyl (C=O) groups excluding carboxylic acids is 1. The number of aliphatic carboxylic acids is 1. The van der Waals surface area contributed by atoms with Gasteiger partial charge in [0.2, 0.25) is 0 Å². The molecule has 2 aliphatic rings. The molecule has 0 unspecified atom stereocenters. The molecule has 0 bridgehead atoms. The first-order valence-corrected chi connectivity index (χ1v) is 7.40. The van der Waals surface area contributed by atoms with E-state index in [1.165, 1.54) is 22.4 Å². The molecule has 0 radical (unpaired) electrons. The van der Waals surface area contributed by atoms with Gasteiger partial charge in [0.1, 0.15) is 6.04 Å². The van der Waals surface area contributed by atoms with E-state index in [4.69, 9.17) is 0 Å². The van der Waals surface area contributed by atoms with E-state index < -0.39 is 18.1 Å². The number of fused-ring (bicyclic) bond motifs is 1. The van der Waals surface area contributed by atoms with Crippen LogP contribution in [0.1, 0.15) is 40.7 Å². The van der Waals surface area contributed by atoms with Crippen molar-refractivity contribution in [3.63, 3.8) is 0 Å². The minimum absolute atomic E-state index is 0.0902. The topological polar surface area (TPSA) is 77.8 Å². The number of carbonyl (C=O) groups is 2. The third-order valence-corrected chi connectivity index (χ3v) is 4.42. The molecule has 5 heteroatoms. The molecule has 1 aromatic rings. The Balaban J connectivity index is 1.86. The molecule has 2 atom stereocenters. The second kappa shape index (κ2) is 5.48. The average Bonchev–Trinajstić information content (AvgIpc) is 2.88. The monoisotopic (exact) mass is 289 g/mol. The highest BCUT2D eigenvalue weighted by molar-refractivity contribution is 5.97. The van der Waals surface area contributed by atoms with Gasteiger partial charge in [-0.2, -0.15) is 0 Å². The second-order valence-electron chi connectivity index (χ2n) is 5.89. The molecular formula is C16H19NO4. The highest BCUT2D eigenvalue weighted by atomic mass is 16.4. The molecule has 1 saturated heterocycles. The fraction of sp³-hybridized carbons (Fsp3) is 0.500. The first-order chi connectivity index (χ1) is 10.1. The zero-order chi connectivity index (χ0) is 15.0. The fourth-order valence-corrected chi connectivity index (χ4v) is 3.30. The maximum Gasteiger partial charge on any atom is 0.326 e. The molecule has 1 aliphatic heterocycles. The standard InChI is InChI=1S/C16H19NO4/c18-13-8-14(16(20)21)17(9-13)15(19)12-6-5-10-3-1-2-4-11(10)7-12/h5-7,13-14,18H,1-4,8-9H2,(H,20,21)/t13-,14+/m1/s1. The number of carboxylic acid groups (broad SMARTS) is 1. The number of aryl methyl sites for hydroxylation is 2. The summed E-state index contributed by atoms with van der Waals surface area (Å²) < 4.78 is 0. The van der Waals surface area contributed by atoms with Crippen molar-refractivity contribution in [3.8, 4) is 0 Å². The summed E-state index contributed by atoms with van der Waals surface area (Å²) in [5.74, 6) is -1.36. The molecule has 0 saturated carbocycles. The van der Waals surface area contributed by atoms with Gasteiger partial charge in [0.05, 0.1) is 6.10 Å². The minimum Gasteiger partial charge on any atom is -0.480 e. The van der Waals surface area contributed by atoms with Gasteiger partial charge in [-0.1, -0.05) is 6.07 Å². The number of carboxylic acids is 1. The first-order valence-electron chi connectivity index (χ1n) is 7.40. The number of amides is 1.